The number of anilines is 1. The Kier molecular flexibility index (Phi) is 5.43. The van der Waals surface area contributed by atoms with Crippen LogP contribution in [0.15, 0.2) is 54.6 Å². The van der Waals surface area contributed by atoms with E-state index in [2.05, 4.69) is 5.32 Å². The van der Waals surface area contributed by atoms with Crippen LogP contribution in [0.2, 0.25) is 0 Å². The van der Waals surface area contributed by atoms with Crippen LogP contribution in [0.1, 0.15) is 10.4 Å². The average molecular weight is 370 g/mol. The second kappa shape index (κ2) is 7.92. The van der Waals surface area contributed by atoms with Gasteiger partial charge in [-0.15, -0.1) is 0 Å². The van der Waals surface area contributed by atoms with Gasteiger partial charge >= 0.3 is 0 Å². The maximum absolute atomic E-state index is 12.5. The van der Waals surface area contributed by atoms with Crippen LogP contribution in [0.4, 0.5) is 11.4 Å². The van der Waals surface area contributed by atoms with Crippen LogP contribution >= 0.6 is 12.2 Å². The Morgan fingerprint density at radius 2 is 1.54 bits per heavy atom. The summed E-state index contributed by atoms with van der Waals surface area (Å²) < 4.78 is 0. The molecule has 0 atom stereocenters. The van der Waals surface area contributed by atoms with E-state index in [1.54, 1.807) is 12.1 Å². The van der Waals surface area contributed by atoms with Gasteiger partial charge in [-0.2, -0.15) is 0 Å². The number of carbonyl (C=O) groups excluding carboxylic acids is 1. The van der Waals surface area contributed by atoms with Crippen LogP contribution in [-0.4, -0.2) is 51.9 Å². The number of hydrogen-bond acceptors (Lipinski definition) is 4. The van der Waals surface area contributed by atoms with Gasteiger partial charge in [-0.25, -0.2) is 0 Å². The third kappa shape index (κ3) is 4.15. The molecule has 1 amide bonds. The first-order valence-electron chi connectivity index (χ1n) is 8.19. The molecule has 26 heavy (non-hydrogen) atoms. The summed E-state index contributed by atoms with van der Waals surface area (Å²) in [5.74, 6) is 0.0273. The third-order valence-electron chi connectivity index (χ3n) is 4.20. The molecule has 2 aromatic carbocycles. The maximum atomic E-state index is 12.5. The Hall–Kier alpha value is -3.00. The molecule has 0 spiro atoms. The minimum atomic E-state index is -0.439. The Balaban J connectivity index is 1.53. The molecule has 1 N–H and O–H groups in total. The monoisotopic (exact) mass is 370 g/mol. The van der Waals surface area contributed by atoms with Gasteiger partial charge in [0.05, 0.1) is 4.92 Å². The van der Waals surface area contributed by atoms with Crippen molar-refractivity contribution in [3.63, 3.8) is 0 Å². The zero-order valence-corrected chi connectivity index (χ0v) is 14.8. The zero-order chi connectivity index (χ0) is 18.5. The van der Waals surface area contributed by atoms with Crippen molar-refractivity contribution in [1.29, 1.82) is 0 Å². The van der Waals surface area contributed by atoms with E-state index in [1.807, 2.05) is 40.1 Å². The predicted molar refractivity (Wildman–Crippen MR) is 103 cm³/mol. The molecule has 1 fully saturated rings. The highest BCUT2D eigenvalue weighted by Crippen LogP contribution is 2.16. The number of benzene rings is 2. The second-order valence-corrected chi connectivity index (χ2v) is 6.27. The van der Waals surface area contributed by atoms with Gasteiger partial charge < -0.3 is 15.1 Å². The molecule has 0 unspecified atom stereocenters. The van der Waals surface area contributed by atoms with E-state index in [9.17, 15) is 14.9 Å². The summed E-state index contributed by atoms with van der Waals surface area (Å²) >= 11 is 5.42. The topological polar surface area (TPSA) is 78.7 Å². The number of nitro benzene ring substituents is 1. The summed E-state index contributed by atoms with van der Waals surface area (Å²) in [7, 11) is 0. The number of thiocarbonyl (C=S) groups is 1. The molecule has 0 bridgehead atoms. The number of non-ortho nitro benzene ring substituents is 1. The fourth-order valence-electron chi connectivity index (χ4n) is 2.74. The van der Waals surface area contributed by atoms with Gasteiger partial charge in [0.15, 0.2) is 5.11 Å². The first-order valence-corrected chi connectivity index (χ1v) is 8.60. The number of nitrogens with zero attached hydrogens (tertiary/aromatic N) is 3. The molecule has 1 saturated heterocycles. The number of amides is 1. The van der Waals surface area contributed by atoms with Gasteiger partial charge in [0.2, 0.25) is 0 Å². The quantitative estimate of drug-likeness (QED) is 0.508. The second-order valence-electron chi connectivity index (χ2n) is 5.88. The van der Waals surface area contributed by atoms with Gasteiger partial charge in [0.25, 0.3) is 11.6 Å². The Morgan fingerprint density at radius 3 is 2.12 bits per heavy atom. The molecule has 0 aromatic heterocycles. The van der Waals surface area contributed by atoms with Crippen molar-refractivity contribution in [2.24, 2.45) is 0 Å². The maximum Gasteiger partial charge on any atom is 0.269 e. The summed E-state index contributed by atoms with van der Waals surface area (Å²) in [6.45, 7) is 2.46. The number of nitro groups is 1. The van der Waals surface area contributed by atoms with Gasteiger partial charge in [-0.1, -0.05) is 18.2 Å². The number of piperazine rings is 1. The van der Waals surface area contributed by atoms with Gasteiger partial charge in [0.1, 0.15) is 0 Å². The summed E-state index contributed by atoms with van der Waals surface area (Å²) in [5.41, 5.74) is 1.42. The molecule has 1 heterocycles. The minimum absolute atomic E-state index is 0.0273. The zero-order valence-electron chi connectivity index (χ0n) is 14.0. The summed E-state index contributed by atoms with van der Waals surface area (Å²) in [5, 5.41) is 14.3. The number of nitrogens with one attached hydrogen (secondary N) is 1. The Morgan fingerprint density at radius 1 is 0.962 bits per heavy atom. The van der Waals surface area contributed by atoms with Crippen LogP contribution in [-0.2, 0) is 0 Å². The molecule has 134 valence electrons. The molecule has 3 rings (SSSR count). The van der Waals surface area contributed by atoms with Crippen molar-refractivity contribution in [2.45, 2.75) is 0 Å². The van der Waals surface area contributed by atoms with Crippen molar-refractivity contribution in [3.05, 3.63) is 70.3 Å². The van der Waals surface area contributed by atoms with Crippen molar-refractivity contribution >= 4 is 34.6 Å². The van der Waals surface area contributed by atoms with Crippen molar-refractivity contribution in [3.8, 4) is 0 Å². The molecule has 0 saturated carbocycles. The van der Waals surface area contributed by atoms with Gasteiger partial charge in [-0.3, -0.25) is 14.9 Å². The molecule has 1 aliphatic heterocycles. The molecule has 0 radical (unpaired) electrons. The lowest BCUT2D eigenvalue weighted by atomic mass is 10.2. The highest BCUT2D eigenvalue weighted by atomic mass is 32.1. The van der Waals surface area contributed by atoms with E-state index in [-0.39, 0.29) is 11.6 Å². The van der Waals surface area contributed by atoms with E-state index >= 15 is 0 Å². The molecule has 8 heteroatoms. The fourth-order valence-corrected chi connectivity index (χ4v) is 3.05. The Bertz CT molecular complexity index is 803. The molecular formula is C18H18N4O3S. The van der Waals surface area contributed by atoms with E-state index < -0.39 is 4.92 Å². The predicted octanol–water partition coefficient (Wildman–Crippen LogP) is 2.75. The van der Waals surface area contributed by atoms with Crippen LogP contribution in [0.5, 0.6) is 0 Å². The normalized spacial score (nSPS) is 14.0. The largest absolute Gasteiger partial charge is 0.345 e. The minimum Gasteiger partial charge on any atom is -0.345 e. The van der Waals surface area contributed by atoms with Crippen LogP contribution in [0, 0.1) is 10.1 Å². The Labute approximate surface area is 156 Å². The lowest BCUT2D eigenvalue weighted by Crippen LogP contribution is -2.51. The van der Waals surface area contributed by atoms with Crippen molar-refractivity contribution in [2.75, 3.05) is 31.5 Å². The highest BCUT2D eigenvalue weighted by Gasteiger charge is 2.23. The van der Waals surface area contributed by atoms with E-state index in [4.69, 9.17) is 12.2 Å². The number of carbonyl (C=O) groups is 1. The van der Waals surface area contributed by atoms with Crippen molar-refractivity contribution in [1.82, 2.24) is 9.80 Å². The summed E-state index contributed by atoms with van der Waals surface area (Å²) in [4.78, 5) is 26.5. The molecule has 0 aliphatic carbocycles. The summed E-state index contributed by atoms with van der Waals surface area (Å²) in [6.07, 6.45) is 0. The lowest BCUT2D eigenvalue weighted by molar-refractivity contribution is -0.384. The first-order chi connectivity index (χ1) is 12.5. The molecule has 7 nitrogen and oxygen atoms in total. The van der Waals surface area contributed by atoms with E-state index in [0.29, 0.717) is 42.5 Å². The standard InChI is InChI=1S/C18H18N4O3S/c23-17(14-4-2-1-3-5-14)20-10-12-21(13-11-20)18(26)19-15-6-8-16(9-7-15)22(24)25/h1-9H,10-13H2,(H,19,26). The smallest absolute Gasteiger partial charge is 0.269 e. The third-order valence-corrected chi connectivity index (χ3v) is 4.56. The lowest BCUT2D eigenvalue weighted by Gasteiger charge is -2.36. The van der Waals surface area contributed by atoms with Crippen LogP contribution in [0.25, 0.3) is 0 Å². The number of hydrogen-bond donors (Lipinski definition) is 1. The van der Waals surface area contributed by atoms with E-state index in [0.717, 1.165) is 0 Å². The van der Waals surface area contributed by atoms with Gasteiger partial charge in [-0.05, 0) is 36.5 Å². The summed E-state index contributed by atoms with van der Waals surface area (Å²) in [6, 6.07) is 15.3. The van der Waals surface area contributed by atoms with Crippen LogP contribution < -0.4 is 5.32 Å². The number of rotatable bonds is 3. The molecular weight excluding hydrogens is 352 g/mol. The fraction of sp³-hybridized carbons (Fsp3) is 0.222. The van der Waals surface area contributed by atoms with Crippen molar-refractivity contribution < 1.29 is 9.72 Å². The van der Waals surface area contributed by atoms with Crippen LogP contribution in [0.3, 0.4) is 0 Å². The highest BCUT2D eigenvalue weighted by molar-refractivity contribution is 7.80. The average Bonchev–Trinajstić information content (AvgIpc) is 2.68. The SMILES string of the molecule is O=C(c1ccccc1)N1CCN(C(=S)Nc2ccc([N+](=O)[O-])cc2)CC1. The molecule has 1 aliphatic rings. The van der Waals surface area contributed by atoms with Gasteiger partial charge in [0, 0.05) is 49.6 Å². The van der Waals surface area contributed by atoms with E-state index in [1.165, 1.54) is 12.1 Å². The molecule has 2 aromatic rings. The first kappa shape index (κ1) is 17.8.